The number of hydrogen-bond donors (Lipinski definition) is 0. The summed E-state index contributed by atoms with van der Waals surface area (Å²) in [5.41, 5.74) is -0.370. The highest BCUT2D eigenvalue weighted by Gasteiger charge is 2.33. The summed E-state index contributed by atoms with van der Waals surface area (Å²) in [5, 5.41) is 0. The van der Waals surface area contributed by atoms with Gasteiger partial charge in [0, 0.05) is 0 Å². The summed E-state index contributed by atoms with van der Waals surface area (Å²) in [5.74, 6) is 0.768. The van der Waals surface area contributed by atoms with Crippen molar-refractivity contribution in [1.29, 1.82) is 0 Å². The van der Waals surface area contributed by atoms with Gasteiger partial charge in [0.25, 0.3) is 0 Å². The lowest BCUT2D eigenvalue weighted by atomic mass is 10.1. The van der Waals surface area contributed by atoms with Crippen molar-refractivity contribution in [3.8, 4) is 0 Å². The van der Waals surface area contributed by atoms with Crippen molar-refractivity contribution in [2.45, 2.75) is 58.7 Å². The largest absolute Gasteiger partial charge is 0.546 e. The SMILES string of the molecule is C=C(O[Si](C)(C)C)C(C)(C)O[Si](C)(C)C. The summed E-state index contributed by atoms with van der Waals surface area (Å²) < 4.78 is 12.0. The predicted molar refractivity (Wildman–Crippen MR) is 72.1 cm³/mol. The van der Waals surface area contributed by atoms with Crippen LogP contribution < -0.4 is 0 Å². The van der Waals surface area contributed by atoms with Gasteiger partial charge in [-0.25, -0.2) is 0 Å². The Kier molecular flexibility index (Phi) is 4.41. The predicted octanol–water partition coefficient (Wildman–Crippen LogP) is 3.98. The Balaban J connectivity index is 4.54. The Morgan fingerprint density at radius 2 is 1.33 bits per heavy atom. The van der Waals surface area contributed by atoms with Gasteiger partial charge in [0.15, 0.2) is 8.32 Å². The fourth-order valence-electron chi connectivity index (χ4n) is 1.31. The molecule has 0 spiro atoms. The van der Waals surface area contributed by atoms with E-state index in [1.54, 1.807) is 0 Å². The zero-order valence-corrected chi connectivity index (χ0v) is 13.5. The third-order valence-electron chi connectivity index (χ3n) is 1.66. The molecule has 0 amide bonds. The van der Waals surface area contributed by atoms with E-state index in [2.05, 4.69) is 45.9 Å². The van der Waals surface area contributed by atoms with Gasteiger partial charge in [0.05, 0.1) is 0 Å². The summed E-state index contributed by atoms with van der Waals surface area (Å²) in [7, 11) is -3.13. The molecule has 90 valence electrons. The van der Waals surface area contributed by atoms with E-state index in [1.165, 1.54) is 0 Å². The molecule has 0 aliphatic heterocycles. The molecule has 4 heteroatoms. The van der Waals surface area contributed by atoms with E-state index >= 15 is 0 Å². The normalized spacial score (nSPS) is 13.9. The second kappa shape index (κ2) is 4.43. The second-order valence-corrected chi connectivity index (χ2v) is 15.2. The molecule has 15 heavy (non-hydrogen) atoms. The molecule has 0 rings (SSSR count). The van der Waals surface area contributed by atoms with E-state index in [-0.39, 0.29) is 5.60 Å². The van der Waals surface area contributed by atoms with E-state index < -0.39 is 16.6 Å². The molecular weight excluding hydrogens is 220 g/mol. The van der Waals surface area contributed by atoms with Gasteiger partial charge in [-0.3, -0.25) is 0 Å². The summed E-state index contributed by atoms with van der Waals surface area (Å²) in [6, 6.07) is 0. The lowest BCUT2D eigenvalue weighted by molar-refractivity contribution is 0.0949. The van der Waals surface area contributed by atoms with Crippen LogP contribution in [0.4, 0.5) is 0 Å². The summed E-state index contributed by atoms with van der Waals surface area (Å²) in [6.45, 7) is 21.1. The van der Waals surface area contributed by atoms with Crippen LogP contribution in [0.3, 0.4) is 0 Å². The zero-order valence-electron chi connectivity index (χ0n) is 11.5. The van der Waals surface area contributed by atoms with Gasteiger partial charge in [-0.1, -0.05) is 6.58 Å². The van der Waals surface area contributed by atoms with E-state index in [0.29, 0.717) is 0 Å². The minimum absolute atomic E-state index is 0.370. The zero-order chi connectivity index (χ0) is 12.5. The molecule has 0 aliphatic carbocycles. The van der Waals surface area contributed by atoms with E-state index in [4.69, 9.17) is 8.85 Å². The fraction of sp³-hybridized carbons (Fsp3) is 0.818. The Hall–Kier alpha value is -0.0662. The van der Waals surface area contributed by atoms with Gasteiger partial charge in [0.1, 0.15) is 11.4 Å². The van der Waals surface area contributed by atoms with Crippen LogP contribution >= 0.6 is 0 Å². The molecule has 0 aromatic rings. The van der Waals surface area contributed by atoms with Crippen LogP contribution in [0, 0.1) is 0 Å². The first-order chi connectivity index (χ1) is 6.33. The topological polar surface area (TPSA) is 18.5 Å². The molecule has 0 aromatic carbocycles. The van der Waals surface area contributed by atoms with Crippen LogP contribution in [0.2, 0.25) is 39.3 Å². The maximum atomic E-state index is 6.07. The van der Waals surface area contributed by atoms with Crippen LogP contribution in [0.5, 0.6) is 0 Å². The smallest absolute Gasteiger partial charge is 0.241 e. The van der Waals surface area contributed by atoms with Gasteiger partial charge in [0.2, 0.25) is 8.32 Å². The maximum absolute atomic E-state index is 6.07. The Morgan fingerprint density at radius 3 is 1.60 bits per heavy atom. The molecule has 0 fully saturated rings. The monoisotopic (exact) mass is 246 g/mol. The molecule has 0 saturated carbocycles. The molecular formula is C11H26O2Si2. The van der Waals surface area contributed by atoms with Crippen LogP contribution in [0.25, 0.3) is 0 Å². The van der Waals surface area contributed by atoms with Crippen LogP contribution in [-0.2, 0) is 8.85 Å². The average molecular weight is 246 g/mol. The van der Waals surface area contributed by atoms with Crippen molar-refractivity contribution in [3.63, 3.8) is 0 Å². The van der Waals surface area contributed by atoms with Crippen LogP contribution in [0.1, 0.15) is 13.8 Å². The Morgan fingerprint density at radius 1 is 0.933 bits per heavy atom. The van der Waals surface area contributed by atoms with Crippen molar-refractivity contribution in [2.24, 2.45) is 0 Å². The minimum atomic E-state index is -1.57. The van der Waals surface area contributed by atoms with Gasteiger partial charge >= 0.3 is 0 Å². The van der Waals surface area contributed by atoms with Gasteiger partial charge in [-0.2, -0.15) is 0 Å². The Labute approximate surface area is 96.9 Å². The summed E-state index contributed by atoms with van der Waals surface area (Å²) in [4.78, 5) is 0. The highest BCUT2D eigenvalue weighted by molar-refractivity contribution is 6.70. The van der Waals surface area contributed by atoms with Gasteiger partial charge < -0.3 is 8.85 Å². The number of rotatable bonds is 5. The van der Waals surface area contributed by atoms with Crippen molar-refractivity contribution in [2.75, 3.05) is 0 Å². The molecule has 0 N–H and O–H groups in total. The molecule has 0 heterocycles. The van der Waals surface area contributed by atoms with Gasteiger partial charge in [-0.05, 0) is 53.1 Å². The molecule has 0 unspecified atom stereocenters. The Bertz CT molecular complexity index is 234. The first-order valence-electron chi connectivity index (χ1n) is 5.42. The highest BCUT2D eigenvalue weighted by atomic mass is 28.4. The second-order valence-electron chi connectivity index (χ2n) is 6.36. The van der Waals surface area contributed by atoms with Gasteiger partial charge in [-0.15, -0.1) is 0 Å². The van der Waals surface area contributed by atoms with Crippen LogP contribution in [0.15, 0.2) is 12.3 Å². The van der Waals surface area contributed by atoms with Crippen LogP contribution in [-0.4, -0.2) is 22.2 Å². The minimum Gasteiger partial charge on any atom is -0.546 e. The van der Waals surface area contributed by atoms with Crippen molar-refractivity contribution in [1.82, 2.24) is 0 Å². The average Bonchev–Trinajstić information content (AvgIpc) is 1.75. The van der Waals surface area contributed by atoms with E-state index in [1.807, 2.05) is 13.8 Å². The molecule has 0 saturated heterocycles. The molecule has 0 atom stereocenters. The molecule has 0 bridgehead atoms. The first kappa shape index (κ1) is 14.9. The van der Waals surface area contributed by atoms with E-state index in [9.17, 15) is 0 Å². The highest BCUT2D eigenvalue weighted by Crippen LogP contribution is 2.27. The quantitative estimate of drug-likeness (QED) is 0.539. The van der Waals surface area contributed by atoms with Crippen molar-refractivity contribution in [3.05, 3.63) is 12.3 Å². The van der Waals surface area contributed by atoms with E-state index in [0.717, 1.165) is 5.76 Å². The summed E-state index contributed by atoms with van der Waals surface area (Å²) in [6.07, 6.45) is 0. The molecule has 2 nitrogen and oxygen atoms in total. The number of hydrogen-bond acceptors (Lipinski definition) is 2. The van der Waals surface area contributed by atoms with Crippen molar-refractivity contribution >= 4 is 16.6 Å². The summed E-state index contributed by atoms with van der Waals surface area (Å²) >= 11 is 0. The molecule has 0 radical (unpaired) electrons. The molecule has 0 aromatic heterocycles. The standard InChI is InChI=1S/C11H26O2Si2/c1-10(12-14(4,5)6)11(2,3)13-15(7,8)9/h1H2,2-9H3. The van der Waals surface area contributed by atoms with Crippen molar-refractivity contribution < 1.29 is 8.85 Å². The third-order valence-corrected chi connectivity index (χ3v) is 3.64. The fourth-order valence-corrected chi connectivity index (χ4v) is 3.94. The lowest BCUT2D eigenvalue weighted by Crippen LogP contribution is -2.42. The maximum Gasteiger partial charge on any atom is 0.241 e. The molecule has 0 aliphatic rings. The third kappa shape index (κ3) is 6.92. The first-order valence-corrected chi connectivity index (χ1v) is 12.2. The lowest BCUT2D eigenvalue weighted by Gasteiger charge is -2.37.